The Morgan fingerprint density at radius 3 is 2.43 bits per heavy atom. The van der Waals surface area contributed by atoms with Crippen LogP contribution < -0.4 is 5.32 Å². The minimum Gasteiger partial charge on any atom is -0.343 e. The summed E-state index contributed by atoms with van der Waals surface area (Å²) in [7, 11) is 0. The maximum absolute atomic E-state index is 13.2. The minimum atomic E-state index is -0.0193. The van der Waals surface area contributed by atoms with Crippen molar-refractivity contribution in [2.24, 2.45) is 5.92 Å². The van der Waals surface area contributed by atoms with Gasteiger partial charge in [0, 0.05) is 38.3 Å². The van der Waals surface area contributed by atoms with Gasteiger partial charge in [-0.3, -0.25) is 4.79 Å². The summed E-state index contributed by atoms with van der Waals surface area (Å²) in [4.78, 5) is 31.3. The first-order valence-corrected chi connectivity index (χ1v) is 11.5. The van der Waals surface area contributed by atoms with Crippen LogP contribution in [0.4, 0.5) is 10.5 Å². The number of nitrogens with one attached hydrogen (secondary N) is 1. The fraction of sp³-hybridized carbons (Fsp3) is 0.667. The average Bonchev–Trinajstić information content (AvgIpc) is 2.72. The van der Waals surface area contributed by atoms with Gasteiger partial charge in [-0.25, -0.2) is 4.79 Å². The van der Waals surface area contributed by atoms with Gasteiger partial charge in [0.05, 0.1) is 0 Å². The number of benzene rings is 1. The van der Waals surface area contributed by atoms with E-state index in [1.54, 1.807) is 6.92 Å². The lowest BCUT2D eigenvalue weighted by molar-refractivity contribution is -0.130. The molecule has 0 saturated carbocycles. The van der Waals surface area contributed by atoms with Crippen molar-refractivity contribution in [2.45, 2.75) is 58.9 Å². The molecule has 1 aromatic rings. The number of hydrogen-bond acceptors (Lipinski definition) is 3. The molecule has 2 fully saturated rings. The smallest absolute Gasteiger partial charge is 0.322 e. The second kappa shape index (κ2) is 10.8. The highest BCUT2D eigenvalue weighted by Gasteiger charge is 2.29. The lowest BCUT2D eigenvalue weighted by Gasteiger charge is -2.39. The monoisotopic (exact) mass is 414 g/mol. The number of carbonyl (C=O) groups is 2. The van der Waals surface area contributed by atoms with E-state index in [4.69, 9.17) is 0 Å². The van der Waals surface area contributed by atoms with Crippen LogP contribution in [-0.2, 0) is 4.79 Å². The summed E-state index contributed by atoms with van der Waals surface area (Å²) in [5.74, 6) is 0.966. The van der Waals surface area contributed by atoms with E-state index in [9.17, 15) is 9.59 Å². The Hall–Kier alpha value is -2.08. The minimum absolute atomic E-state index is 0.0193. The van der Waals surface area contributed by atoms with Crippen molar-refractivity contribution in [1.29, 1.82) is 0 Å². The Bertz CT molecular complexity index is 707. The molecule has 6 heteroatoms. The van der Waals surface area contributed by atoms with Crippen LogP contribution in [0, 0.1) is 12.8 Å². The van der Waals surface area contributed by atoms with E-state index in [-0.39, 0.29) is 18.0 Å². The first-order chi connectivity index (χ1) is 14.4. The van der Waals surface area contributed by atoms with Crippen LogP contribution in [0.2, 0.25) is 0 Å². The summed E-state index contributed by atoms with van der Waals surface area (Å²) < 4.78 is 0. The van der Waals surface area contributed by atoms with Crippen LogP contribution in [0.25, 0.3) is 0 Å². The third-order valence-corrected chi connectivity index (χ3v) is 6.63. The number of piperidine rings is 2. The topological polar surface area (TPSA) is 55.9 Å². The molecular formula is C24H38N4O2. The maximum Gasteiger partial charge on any atom is 0.322 e. The Morgan fingerprint density at radius 2 is 1.80 bits per heavy atom. The highest BCUT2D eigenvalue weighted by atomic mass is 16.2. The molecule has 0 bridgehead atoms. The second-order valence-electron chi connectivity index (χ2n) is 9.11. The number of carbonyl (C=O) groups excluding carboxylic acids is 2. The van der Waals surface area contributed by atoms with Gasteiger partial charge in [0.2, 0.25) is 5.91 Å². The third kappa shape index (κ3) is 6.46. The number of nitrogens with zero attached hydrogens (tertiary/aromatic N) is 3. The van der Waals surface area contributed by atoms with Gasteiger partial charge in [0.1, 0.15) is 0 Å². The standard InChI is InChI=1S/C24H38N4O2/c1-19-8-14-26(15-9-19)12-5-13-28(23-10-16-27(17-11-23)21(3)29)24(30)25-22-7-4-6-20(2)18-22/h4,6-7,18-19,23H,5,8-17H2,1-3H3,(H,25,30). The van der Waals surface area contributed by atoms with Crippen molar-refractivity contribution in [3.63, 3.8) is 0 Å². The highest BCUT2D eigenvalue weighted by molar-refractivity contribution is 5.89. The number of anilines is 1. The van der Waals surface area contributed by atoms with E-state index in [1.165, 1.54) is 25.9 Å². The van der Waals surface area contributed by atoms with Crippen molar-refractivity contribution >= 4 is 17.6 Å². The first-order valence-electron chi connectivity index (χ1n) is 11.5. The van der Waals surface area contributed by atoms with Gasteiger partial charge in [0.15, 0.2) is 0 Å². The fourth-order valence-electron chi connectivity index (χ4n) is 4.61. The summed E-state index contributed by atoms with van der Waals surface area (Å²) >= 11 is 0. The summed E-state index contributed by atoms with van der Waals surface area (Å²) in [6.07, 6.45) is 5.24. The number of likely N-dealkylation sites (tertiary alicyclic amines) is 2. The highest BCUT2D eigenvalue weighted by Crippen LogP contribution is 2.20. The molecule has 6 nitrogen and oxygen atoms in total. The summed E-state index contributed by atoms with van der Waals surface area (Å²) in [5.41, 5.74) is 1.98. The summed E-state index contributed by atoms with van der Waals surface area (Å²) in [6.45, 7) is 11.6. The molecule has 0 aromatic heterocycles. The maximum atomic E-state index is 13.2. The third-order valence-electron chi connectivity index (χ3n) is 6.63. The number of amides is 3. The van der Waals surface area contributed by atoms with E-state index >= 15 is 0 Å². The normalized spacial score (nSPS) is 19.0. The van der Waals surface area contributed by atoms with Gasteiger partial charge < -0.3 is 20.0 Å². The molecule has 0 unspecified atom stereocenters. The SMILES string of the molecule is CC(=O)N1CCC(N(CCCN2CCC(C)CC2)C(=O)Nc2cccc(C)c2)CC1. The fourth-order valence-corrected chi connectivity index (χ4v) is 4.61. The summed E-state index contributed by atoms with van der Waals surface area (Å²) in [6, 6.07) is 8.11. The van der Waals surface area contributed by atoms with Gasteiger partial charge in [-0.2, -0.15) is 0 Å². The largest absolute Gasteiger partial charge is 0.343 e. The van der Waals surface area contributed by atoms with Crippen LogP contribution in [0.15, 0.2) is 24.3 Å². The molecule has 2 aliphatic heterocycles. The molecule has 1 aromatic carbocycles. The van der Waals surface area contributed by atoms with Gasteiger partial charge in [-0.1, -0.05) is 19.1 Å². The van der Waals surface area contributed by atoms with Crippen LogP contribution in [0.3, 0.4) is 0 Å². The Morgan fingerprint density at radius 1 is 1.10 bits per heavy atom. The Kier molecular flexibility index (Phi) is 8.14. The molecular weight excluding hydrogens is 376 g/mol. The predicted octanol–water partition coefficient (Wildman–Crippen LogP) is 3.96. The Labute approximate surface area is 181 Å². The van der Waals surface area contributed by atoms with Crippen LogP contribution in [0.5, 0.6) is 0 Å². The number of urea groups is 1. The Balaban J connectivity index is 1.59. The molecule has 3 rings (SSSR count). The molecule has 3 amide bonds. The number of aryl methyl sites for hydroxylation is 1. The van der Waals surface area contributed by atoms with Crippen molar-refractivity contribution in [3.8, 4) is 0 Å². The molecule has 30 heavy (non-hydrogen) atoms. The first kappa shape index (κ1) is 22.6. The molecule has 0 aliphatic carbocycles. The van der Waals surface area contributed by atoms with E-state index in [0.717, 1.165) is 62.6 Å². The molecule has 2 saturated heterocycles. The molecule has 0 radical (unpaired) electrons. The second-order valence-corrected chi connectivity index (χ2v) is 9.11. The average molecular weight is 415 g/mol. The zero-order chi connectivity index (χ0) is 21.5. The van der Waals surface area contributed by atoms with Gasteiger partial charge in [0.25, 0.3) is 0 Å². The van der Waals surface area contributed by atoms with E-state index < -0.39 is 0 Å². The molecule has 166 valence electrons. The van der Waals surface area contributed by atoms with Crippen molar-refractivity contribution < 1.29 is 9.59 Å². The van der Waals surface area contributed by atoms with E-state index in [1.807, 2.05) is 41.0 Å². The van der Waals surface area contributed by atoms with Gasteiger partial charge >= 0.3 is 6.03 Å². The lowest BCUT2D eigenvalue weighted by atomic mass is 9.99. The predicted molar refractivity (Wildman–Crippen MR) is 122 cm³/mol. The number of hydrogen-bond donors (Lipinski definition) is 1. The molecule has 2 aliphatic rings. The molecule has 0 spiro atoms. The quantitative estimate of drug-likeness (QED) is 0.766. The van der Waals surface area contributed by atoms with Crippen molar-refractivity contribution in [3.05, 3.63) is 29.8 Å². The van der Waals surface area contributed by atoms with E-state index in [0.29, 0.717) is 0 Å². The number of rotatable bonds is 6. The van der Waals surface area contributed by atoms with Gasteiger partial charge in [-0.15, -0.1) is 0 Å². The zero-order valence-electron chi connectivity index (χ0n) is 18.9. The zero-order valence-corrected chi connectivity index (χ0v) is 18.9. The summed E-state index contributed by atoms with van der Waals surface area (Å²) in [5, 5.41) is 3.10. The molecule has 0 atom stereocenters. The molecule has 1 N–H and O–H groups in total. The van der Waals surface area contributed by atoms with Crippen molar-refractivity contribution in [2.75, 3.05) is 44.6 Å². The lowest BCUT2D eigenvalue weighted by Crippen LogP contribution is -2.50. The van der Waals surface area contributed by atoms with Gasteiger partial charge in [-0.05, 0) is 82.3 Å². The van der Waals surface area contributed by atoms with Crippen LogP contribution >= 0.6 is 0 Å². The van der Waals surface area contributed by atoms with Crippen LogP contribution in [-0.4, -0.2) is 71.9 Å². The molecule has 2 heterocycles. The van der Waals surface area contributed by atoms with Crippen molar-refractivity contribution in [1.82, 2.24) is 14.7 Å². The van der Waals surface area contributed by atoms with Crippen LogP contribution in [0.1, 0.15) is 51.5 Å². The van der Waals surface area contributed by atoms with E-state index in [2.05, 4.69) is 17.1 Å².